The maximum Gasteiger partial charge on any atom is 0.408 e. The van der Waals surface area contributed by atoms with Crippen molar-refractivity contribution < 1.29 is 23.9 Å². The molecule has 0 unspecified atom stereocenters. The third-order valence-electron chi connectivity index (χ3n) is 4.20. The quantitative estimate of drug-likeness (QED) is 0.584. The summed E-state index contributed by atoms with van der Waals surface area (Å²) in [5.74, 6) is -0.516. The van der Waals surface area contributed by atoms with Crippen LogP contribution in [-0.4, -0.2) is 36.6 Å². The summed E-state index contributed by atoms with van der Waals surface area (Å²) >= 11 is 0. The zero-order valence-corrected chi connectivity index (χ0v) is 17.4. The summed E-state index contributed by atoms with van der Waals surface area (Å²) in [6.07, 6.45) is -0.398. The van der Waals surface area contributed by atoms with Crippen LogP contribution in [0.1, 0.15) is 43.6 Å². The molecule has 1 atom stereocenters. The zero-order chi connectivity index (χ0) is 21.6. The molecule has 0 aromatic heterocycles. The second kappa shape index (κ2) is 9.37. The number of nitrogens with one attached hydrogen (secondary N) is 1. The van der Waals surface area contributed by atoms with Crippen molar-refractivity contribution in [3.8, 4) is 11.1 Å². The first kappa shape index (κ1) is 22.1. The van der Waals surface area contributed by atoms with E-state index in [1.807, 2.05) is 36.4 Å². The minimum absolute atomic E-state index is 0.0261. The van der Waals surface area contributed by atoms with E-state index in [0.717, 1.165) is 16.7 Å². The Balaban J connectivity index is 2.10. The SMILES string of the molecule is COC(=O)[C@H](Cc1ccc(-c2ccc(C(C)=O)cc2)cc1)NC(=O)OC(C)(C)C. The van der Waals surface area contributed by atoms with Crippen LogP contribution in [0.5, 0.6) is 0 Å². The average Bonchev–Trinajstić information content (AvgIpc) is 2.66. The zero-order valence-electron chi connectivity index (χ0n) is 17.4. The van der Waals surface area contributed by atoms with Gasteiger partial charge in [-0.25, -0.2) is 9.59 Å². The maximum atomic E-state index is 12.1. The first-order chi connectivity index (χ1) is 13.6. The van der Waals surface area contributed by atoms with Gasteiger partial charge in [-0.3, -0.25) is 4.79 Å². The second-order valence-electron chi connectivity index (χ2n) is 7.76. The number of carbonyl (C=O) groups is 3. The number of esters is 1. The number of alkyl carbamates (subject to hydrolysis) is 1. The van der Waals surface area contributed by atoms with Crippen molar-refractivity contribution in [1.29, 1.82) is 0 Å². The molecule has 2 rings (SSSR count). The number of hydrogen-bond acceptors (Lipinski definition) is 5. The molecular formula is C23H27NO5. The second-order valence-corrected chi connectivity index (χ2v) is 7.76. The van der Waals surface area contributed by atoms with Gasteiger partial charge < -0.3 is 14.8 Å². The molecule has 6 nitrogen and oxygen atoms in total. The number of amides is 1. The van der Waals surface area contributed by atoms with Gasteiger partial charge >= 0.3 is 12.1 Å². The summed E-state index contributed by atoms with van der Waals surface area (Å²) in [4.78, 5) is 35.5. The number of ether oxygens (including phenoxy) is 2. The Hall–Kier alpha value is -3.15. The van der Waals surface area contributed by atoms with Crippen molar-refractivity contribution in [2.45, 2.75) is 45.8 Å². The maximum absolute atomic E-state index is 12.1. The molecule has 2 aromatic rings. The Labute approximate surface area is 171 Å². The highest BCUT2D eigenvalue weighted by Crippen LogP contribution is 2.21. The highest BCUT2D eigenvalue weighted by molar-refractivity contribution is 5.94. The predicted molar refractivity (Wildman–Crippen MR) is 111 cm³/mol. The normalized spacial score (nSPS) is 12.0. The summed E-state index contributed by atoms with van der Waals surface area (Å²) in [6.45, 7) is 6.79. The lowest BCUT2D eigenvalue weighted by atomic mass is 9.99. The Kier molecular flexibility index (Phi) is 7.15. The molecule has 0 aliphatic heterocycles. The van der Waals surface area contributed by atoms with Crippen LogP contribution in [-0.2, 0) is 20.7 Å². The van der Waals surface area contributed by atoms with Crippen molar-refractivity contribution in [3.63, 3.8) is 0 Å². The summed E-state index contributed by atoms with van der Waals surface area (Å²) in [5.41, 5.74) is 2.83. The van der Waals surface area contributed by atoms with Crippen molar-refractivity contribution >= 4 is 17.8 Å². The fourth-order valence-corrected chi connectivity index (χ4v) is 2.75. The van der Waals surface area contributed by atoms with Crippen molar-refractivity contribution in [1.82, 2.24) is 5.32 Å². The number of benzene rings is 2. The number of rotatable bonds is 6. The Morgan fingerprint density at radius 3 is 1.90 bits per heavy atom. The lowest BCUT2D eigenvalue weighted by Crippen LogP contribution is -2.45. The van der Waals surface area contributed by atoms with Crippen LogP contribution in [0, 0.1) is 0 Å². The number of carbonyl (C=O) groups excluding carboxylic acids is 3. The molecule has 0 radical (unpaired) electrons. The minimum atomic E-state index is -0.851. The Morgan fingerprint density at radius 2 is 1.45 bits per heavy atom. The first-order valence-electron chi connectivity index (χ1n) is 9.36. The van der Waals surface area contributed by atoms with E-state index in [1.54, 1.807) is 32.9 Å². The van der Waals surface area contributed by atoms with E-state index in [-0.39, 0.29) is 12.2 Å². The Morgan fingerprint density at radius 1 is 0.931 bits per heavy atom. The van der Waals surface area contributed by atoms with Crippen molar-refractivity contribution in [2.24, 2.45) is 0 Å². The van der Waals surface area contributed by atoms with Gasteiger partial charge in [-0.05, 0) is 44.4 Å². The highest BCUT2D eigenvalue weighted by Gasteiger charge is 2.25. The van der Waals surface area contributed by atoms with E-state index in [9.17, 15) is 14.4 Å². The largest absolute Gasteiger partial charge is 0.467 e. The smallest absolute Gasteiger partial charge is 0.408 e. The monoisotopic (exact) mass is 397 g/mol. The predicted octanol–water partition coefficient (Wildman–Crippen LogP) is 4.17. The van der Waals surface area contributed by atoms with Gasteiger partial charge in [0.2, 0.25) is 0 Å². The summed E-state index contributed by atoms with van der Waals surface area (Å²) in [5, 5.41) is 2.57. The molecule has 6 heteroatoms. The van der Waals surface area contributed by atoms with Crippen LogP contribution in [0.15, 0.2) is 48.5 Å². The van der Waals surface area contributed by atoms with Gasteiger partial charge in [-0.1, -0.05) is 48.5 Å². The van der Waals surface area contributed by atoms with Gasteiger partial charge in [0.1, 0.15) is 11.6 Å². The number of methoxy groups -OCH3 is 1. The molecule has 1 N–H and O–H groups in total. The molecule has 0 fully saturated rings. The molecule has 0 spiro atoms. The minimum Gasteiger partial charge on any atom is -0.467 e. The summed E-state index contributed by atoms with van der Waals surface area (Å²) < 4.78 is 10.0. The molecular weight excluding hydrogens is 370 g/mol. The molecule has 29 heavy (non-hydrogen) atoms. The van der Waals surface area contributed by atoms with Crippen molar-refractivity contribution in [3.05, 3.63) is 59.7 Å². The van der Waals surface area contributed by atoms with E-state index in [1.165, 1.54) is 14.0 Å². The van der Waals surface area contributed by atoms with Crippen LogP contribution >= 0.6 is 0 Å². The van der Waals surface area contributed by atoms with Gasteiger partial charge in [0.15, 0.2) is 5.78 Å². The molecule has 0 aliphatic carbocycles. The van der Waals surface area contributed by atoms with Crippen LogP contribution in [0.3, 0.4) is 0 Å². The third-order valence-corrected chi connectivity index (χ3v) is 4.20. The van der Waals surface area contributed by atoms with Crippen LogP contribution in [0.4, 0.5) is 4.79 Å². The molecule has 154 valence electrons. The lowest BCUT2D eigenvalue weighted by molar-refractivity contribution is -0.143. The molecule has 0 bridgehead atoms. The lowest BCUT2D eigenvalue weighted by Gasteiger charge is -2.22. The first-order valence-corrected chi connectivity index (χ1v) is 9.36. The van der Waals surface area contributed by atoms with E-state index in [0.29, 0.717) is 5.56 Å². The van der Waals surface area contributed by atoms with Gasteiger partial charge in [-0.15, -0.1) is 0 Å². The molecule has 1 amide bonds. The topological polar surface area (TPSA) is 81.7 Å². The highest BCUT2D eigenvalue weighted by atomic mass is 16.6. The average molecular weight is 397 g/mol. The Bertz CT molecular complexity index is 864. The van der Waals surface area contributed by atoms with Gasteiger partial charge in [0.25, 0.3) is 0 Å². The fraction of sp³-hybridized carbons (Fsp3) is 0.348. The molecule has 2 aromatic carbocycles. The molecule has 0 saturated heterocycles. The van der Waals surface area contributed by atoms with E-state index >= 15 is 0 Å². The molecule has 0 aliphatic rings. The van der Waals surface area contributed by atoms with Crippen LogP contribution in [0.25, 0.3) is 11.1 Å². The van der Waals surface area contributed by atoms with Crippen LogP contribution in [0.2, 0.25) is 0 Å². The van der Waals surface area contributed by atoms with E-state index in [2.05, 4.69) is 5.32 Å². The summed E-state index contributed by atoms with van der Waals surface area (Å²) in [7, 11) is 1.28. The van der Waals surface area contributed by atoms with Crippen LogP contribution < -0.4 is 5.32 Å². The molecule has 0 heterocycles. The fourth-order valence-electron chi connectivity index (χ4n) is 2.75. The number of Topliss-reactive ketones (excluding diaryl/α,β-unsaturated/α-hetero) is 1. The number of ketones is 1. The molecule has 0 saturated carbocycles. The van der Waals surface area contributed by atoms with Crippen molar-refractivity contribution in [2.75, 3.05) is 7.11 Å². The van der Waals surface area contributed by atoms with Gasteiger partial charge in [0, 0.05) is 12.0 Å². The van der Waals surface area contributed by atoms with Gasteiger partial charge in [-0.2, -0.15) is 0 Å². The van der Waals surface area contributed by atoms with E-state index < -0.39 is 23.7 Å². The van der Waals surface area contributed by atoms with Gasteiger partial charge in [0.05, 0.1) is 7.11 Å². The number of hydrogen-bond donors (Lipinski definition) is 1. The standard InChI is InChI=1S/C23H27NO5/c1-15(25)17-10-12-19(13-11-17)18-8-6-16(7-9-18)14-20(21(26)28-5)24-22(27)29-23(2,3)4/h6-13,20H,14H2,1-5H3,(H,24,27)/t20-/m0/s1. The third kappa shape index (κ3) is 6.75. The summed E-state index contributed by atoms with van der Waals surface area (Å²) in [6, 6.07) is 14.2. The van der Waals surface area contributed by atoms with E-state index in [4.69, 9.17) is 9.47 Å².